The highest BCUT2D eigenvalue weighted by Gasteiger charge is 2.05. The van der Waals surface area contributed by atoms with Gasteiger partial charge in [-0.1, -0.05) is 0 Å². The van der Waals surface area contributed by atoms with Crippen molar-refractivity contribution in [2.75, 3.05) is 33.1 Å². The Balaban J connectivity index is 2.20. The van der Waals surface area contributed by atoms with Crippen LogP contribution in [0.3, 0.4) is 0 Å². The molecule has 4 heteroatoms. The number of nitrogens with zero attached hydrogens (tertiary/aromatic N) is 1. The van der Waals surface area contributed by atoms with Crippen molar-refractivity contribution < 1.29 is 4.39 Å². The van der Waals surface area contributed by atoms with E-state index in [9.17, 15) is 4.39 Å². The Bertz CT molecular complexity index is 507. The van der Waals surface area contributed by atoms with E-state index in [-0.39, 0.29) is 6.67 Å². The first-order chi connectivity index (χ1) is 8.70. The maximum absolute atomic E-state index is 12.2. The number of hydrogen-bond acceptors (Lipinski definition) is 2. The minimum atomic E-state index is -0.274. The SMILES string of the molecule is CN(C)CCc1c[nH]c2ccc(SCCF)cc12. The van der Waals surface area contributed by atoms with Gasteiger partial charge in [-0.25, -0.2) is 0 Å². The molecule has 1 aromatic carbocycles. The zero-order chi connectivity index (χ0) is 13.0. The third-order valence-corrected chi connectivity index (χ3v) is 3.86. The van der Waals surface area contributed by atoms with Gasteiger partial charge in [0, 0.05) is 34.3 Å². The predicted octanol–water partition coefficient (Wildman–Crippen LogP) is 3.33. The maximum Gasteiger partial charge on any atom is 0.0988 e. The van der Waals surface area contributed by atoms with Gasteiger partial charge < -0.3 is 9.88 Å². The summed E-state index contributed by atoms with van der Waals surface area (Å²) >= 11 is 1.57. The van der Waals surface area contributed by atoms with Crippen molar-refractivity contribution in [3.05, 3.63) is 30.0 Å². The number of H-pyrrole nitrogens is 1. The van der Waals surface area contributed by atoms with E-state index in [1.165, 1.54) is 10.9 Å². The lowest BCUT2D eigenvalue weighted by Crippen LogP contribution is -2.14. The highest BCUT2D eigenvalue weighted by molar-refractivity contribution is 7.99. The minimum absolute atomic E-state index is 0.274. The fraction of sp³-hybridized carbons (Fsp3) is 0.429. The van der Waals surface area contributed by atoms with Gasteiger partial charge in [0.05, 0.1) is 6.67 Å². The quantitative estimate of drug-likeness (QED) is 0.809. The summed E-state index contributed by atoms with van der Waals surface area (Å²) in [6.07, 6.45) is 3.11. The fourth-order valence-corrected chi connectivity index (χ4v) is 2.63. The zero-order valence-electron chi connectivity index (χ0n) is 10.9. The van der Waals surface area contributed by atoms with E-state index in [1.54, 1.807) is 11.8 Å². The summed E-state index contributed by atoms with van der Waals surface area (Å²) < 4.78 is 12.2. The molecule has 0 fully saturated rings. The summed E-state index contributed by atoms with van der Waals surface area (Å²) in [4.78, 5) is 6.62. The van der Waals surface area contributed by atoms with Crippen LogP contribution in [0, 0.1) is 0 Å². The molecule has 2 nitrogen and oxygen atoms in total. The van der Waals surface area contributed by atoms with Gasteiger partial charge in [-0.2, -0.15) is 0 Å². The molecule has 0 bridgehead atoms. The number of thioether (sulfide) groups is 1. The third kappa shape index (κ3) is 3.27. The minimum Gasteiger partial charge on any atom is -0.361 e. The number of alkyl halides is 1. The lowest BCUT2D eigenvalue weighted by Gasteiger charge is -2.08. The Kier molecular flexibility index (Phi) is 4.66. The molecule has 1 heterocycles. The first-order valence-corrected chi connectivity index (χ1v) is 7.13. The van der Waals surface area contributed by atoms with Crippen LogP contribution >= 0.6 is 11.8 Å². The molecule has 1 aromatic heterocycles. The van der Waals surface area contributed by atoms with Crippen molar-refractivity contribution in [3.8, 4) is 0 Å². The number of benzene rings is 1. The van der Waals surface area contributed by atoms with Gasteiger partial charge in [-0.15, -0.1) is 11.8 Å². The molecule has 0 radical (unpaired) electrons. The first kappa shape index (κ1) is 13.4. The summed E-state index contributed by atoms with van der Waals surface area (Å²) in [5.74, 6) is 0.531. The molecule has 0 aliphatic rings. The molecule has 0 saturated carbocycles. The van der Waals surface area contributed by atoms with Crippen LogP contribution in [0.25, 0.3) is 10.9 Å². The molecule has 0 amide bonds. The molecular formula is C14H19FN2S. The van der Waals surface area contributed by atoms with Gasteiger partial charge >= 0.3 is 0 Å². The molecule has 2 rings (SSSR count). The second-order valence-corrected chi connectivity index (χ2v) is 5.78. The van der Waals surface area contributed by atoms with Gasteiger partial charge in [-0.05, 0) is 44.3 Å². The van der Waals surface area contributed by atoms with Crippen molar-refractivity contribution in [2.24, 2.45) is 0 Å². The molecule has 98 valence electrons. The smallest absolute Gasteiger partial charge is 0.0988 e. The van der Waals surface area contributed by atoms with Gasteiger partial charge in [0.2, 0.25) is 0 Å². The van der Waals surface area contributed by atoms with Crippen LogP contribution in [0.15, 0.2) is 29.3 Å². The lowest BCUT2D eigenvalue weighted by atomic mass is 10.1. The summed E-state index contributed by atoms with van der Waals surface area (Å²) in [7, 11) is 4.16. The molecule has 0 spiro atoms. The molecule has 0 atom stereocenters. The number of fused-ring (bicyclic) bond motifs is 1. The standard InChI is InChI=1S/C14H19FN2S/c1-17(2)7-5-11-10-16-14-4-3-12(9-13(11)14)18-8-6-15/h3-4,9-10,16H,5-8H2,1-2H3. The van der Waals surface area contributed by atoms with Crippen LogP contribution in [-0.2, 0) is 6.42 Å². The van der Waals surface area contributed by atoms with Gasteiger partial charge in [0.25, 0.3) is 0 Å². The van der Waals surface area contributed by atoms with E-state index >= 15 is 0 Å². The summed E-state index contributed by atoms with van der Waals surface area (Å²) in [6, 6.07) is 6.29. The van der Waals surface area contributed by atoms with Crippen LogP contribution in [0.4, 0.5) is 4.39 Å². The molecule has 18 heavy (non-hydrogen) atoms. The number of aromatic amines is 1. The van der Waals surface area contributed by atoms with Gasteiger partial charge in [-0.3, -0.25) is 4.39 Å². The molecular weight excluding hydrogens is 247 g/mol. The average Bonchev–Trinajstić information content (AvgIpc) is 2.76. The summed E-state index contributed by atoms with van der Waals surface area (Å²) in [5.41, 5.74) is 2.50. The van der Waals surface area contributed by atoms with Crippen molar-refractivity contribution in [2.45, 2.75) is 11.3 Å². The van der Waals surface area contributed by atoms with Crippen LogP contribution in [0.1, 0.15) is 5.56 Å². The van der Waals surface area contributed by atoms with E-state index in [1.807, 2.05) is 0 Å². The lowest BCUT2D eigenvalue weighted by molar-refractivity contribution is 0.414. The highest BCUT2D eigenvalue weighted by atomic mass is 32.2. The molecule has 0 aliphatic heterocycles. The number of hydrogen-bond donors (Lipinski definition) is 1. The van der Waals surface area contributed by atoms with Crippen molar-refractivity contribution >= 4 is 22.7 Å². The Morgan fingerprint density at radius 3 is 2.89 bits per heavy atom. The van der Waals surface area contributed by atoms with Crippen LogP contribution in [0.2, 0.25) is 0 Å². The number of aromatic nitrogens is 1. The zero-order valence-corrected chi connectivity index (χ0v) is 11.7. The van der Waals surface area contributed by atoms with Crippen LogP contribution < -0.4 is 0 Å². The Morgan fingerprint density at radius 2 is 2.17 bits per heavy atom. The number of rotatable bonds is 6. The fourth-order valence-electron chi connectivity index (χ4n) is 1.95. The third-order valence-electron chi connectivity index (χ3n) is 2.91. The molecule has 2 aromatic rings. The Labute approximate surface area is 112 Å². The summed E-state index contributed by atoms with van der Waals surface area (Å²) in [5, 5.41) is 1.26. The van der Waals surface area contributed by atoms with E-state index < -0.39 is 0 Å². The van der Waals surface area contributed by atoms with Gasteiger partial charge in [0.15, 0.2) is 0 Å². The number of halogens is 1. The first-order valence-electron chi connectivity index (χ1n) is 6.14. The van der Waals surface area contributed by atoms with Gasteiger partial charge in [0.1, 0.15) is 0 Å². The average molecular weight is 266 g/mol. The van der Waals surface area contributed by atoms with E-state index in [2.05, 4.69) is 48.4 Å². The summed E-state index contributed by atoms with van der Waals surface area (Å²) in [6.45, 7) is 0.762. The Morgan fingerprint density at radius 1 is 1.33 bits per heavy atom. The topological polar surface area (TPSA) is 19.0 Å². The van der Waals surface area contributed by atoms with Crippen molar-refractivity contribution in [1.82, 2.24) is 9.88 Å². The largest absolute Gasteiger partial charge is 0.361 e. The second kappa shape index (κ2) is 6.25. The second-order valence-electron chi connectivity index (χ2n) is 4.61. The van der Waals surface area contributed by atoms with E-state index in [0.29, 0.717) is 5.75 Å². The maximum atomic E-state index is 12.2. The molecule has 0 aliphatic carbocycles. The number of likely N-dealkylation sites (N-methyl/N-ethyl adjacent to an activating group) is 1. The number of nitrogens with one attached hydrogen (secondary N) is 1. The van der Waals surface area contributed by atoms with Crippen molar-refractivity contribution in [1.29, 1.82) is 0 Å². The van der Waals surface area contributed by atoms with Crippen molar-refractivity contribution in [3.63, 3.8) is 0 Å². The predicted molar refractivity (Wildman–Crippen MR) is 77.3 cm³/mol. The van der Waals surface area contributed by atoms with E-state index in [4.69, 9.17) is 0 Å². The molecule has 0 saturated heterocycles. The normalized spacial score (nSPS) is 11.6. The van der Waals surface area contributed by atoms with Crippen LogP contribution in [-0.4, -0.2) is 43.0 Å². The monoisotopic (exact) mass is 266 g/mol. The Hall–Kier alpha value is -1.00. The van der Waals surface area contributed by atoms with E-state index in [0.717, 1.165) is 23.4 Å². The molecule has 1 N–H and O–H groups in total. The van der Waals surface area contributed by atoms with Crippen LogP contribution in [0.5, 0.6) is 0 Å². The molecule has 0 unspecified atom stereocenters. The highest BCUT2D eigenvalue weighted by Crippen LogP contribution is 2.26.